The van der Waals surface area contributed by atoms with Gasteiger partial charge < -0.3 is 15.4 Å². The average Bonchev–Trinajstić information content (AvgIpc) is 2.55. The second-order valence-corrected chi connectivity index (χ2v) is 5.78. The maximum absolute atomic E-state index is 10.8. The summed E-state index contributed by atoms with van der Waals surface area (Å²) in [4.78, 5) is 10.4. The summed E-state index contributed by atoms with van der Waals surface area (Å²) in [6.45, 7) is 4.04. The first kappa shape index (κ1) is 17.7. The van der Waals surface area contributed by atoms with Gasteiger partial charge in [0.05, 0.1) is 29.8 Å². The summed E-state index contributed by atoms with van der Waals surface area (Å²) < 4.78 is 5.19. The third kappa shape index (κ3) is 4.42. The Balaban J connectivity index is 2.06. The first-order valence-corrected chi connectivity index (χ1v) is 7.78. The fourth-order valence-corrected chi connectivity index (χ4v) is 2.48. The number of nitrogens with one attached hydrogen (secondary N) is 2. The van der Waals surface area contributed by atoms with Crippen molar-refractivity contribution < 1.29 is 9.66 Å². The number of nitro groups is 1. The van der Waals surface area contributed by atoms with Gasteiger partial charge in [-0.25, -0.2) is 0 Å². The number of anilines is 1. The van der Waals surface area contributed by atoms with E-state index in [4.69, 9.17) is 17.0 Å². The van der Waals surface area contributed by atoms with Crippen molar-refractivity contribution in [2.24, 2.45) is 0 Å². The molecule has 0 aliphatic heterocycles. The van der Waals surface area contributed by atoms with Gasteiger partial charge in [0, 0.05) is 6.07 Å². The van der Waals surface area contributed by atoms with Crippen LogP contribution in [0.4, 0.5) is 11.4 Å². The van der Waals surface area contributed by atoms with Gasteiger partial charge in [-0.1, -0.05) is 29.8 Å². The Morgan fingerprint density at radius 2 is 1.92 bits per heavy atom. The number of ether oxygens (including phenoxy) is 1. The Morgan fingerprint density at radius 3 is 2.50 bits per heavy atom. The lowest BCUT2D eigenvalue weighted by Crippen LogP contribution is -2.31. The molecule has 0 heterocycles. The second kappa shape index (κ2) is 7.74. The van der Waals surface area contributed by atoms with Crippen LogP contribution in [0.3, 0.4) is 0 Å². The Hall–Kier alpha value is -2.67. The van der Waals surface area contributed by atoms with Crippen LogP contribution in [0.2, 0.25) is 0 Å². The fraction of sp³-hybridized carbons (Fsp3) is 0.235. The zero-order valence-corrected chi connectivity index (χ0v) is 14.5. The number of non-ortho nitro benzene ring substituents is 1. The van der Waals surface area contributed by atoms with Gasteiger partial charge in [0.1, 0.15) is 5.75 Å². The highest BCUT2D eigenvalue weighted by atomic mass is 32.1. The molecule has 0 aliphatic carbocycles. The summed E-state index contributed by atoms with van der Waals surface area (Å²) in [5.41, 5.74) is 2.84. The zero-order chi connectivity index (χ0) is 17.7. The summed E-state index contributed by atoms with van der Waals surface area (Å²) in [6.07, 6.45) is 0. The van der Waals surface area contributed by atoms with Gasteiger partial charge in [0.2, 0.25) is 0 Å². The monoisotopic (exact) mass is 345 g/mol. The van der Waals surface area contributed by atoms with Crippen molar-refractivity contribution in [3.05, 3.63) is 63.7 Å². The number of nitro benzene ring substituents is 1. The zero-order valence-electron chi connectivity index (χ0n) is 13.7. The van der Waals surface area contributed by atoms with Gasteiger partial charge in [-0.2, -0.15) is 0 Å². The molecule has 0 fully saturated rings. The Morgan fingerprint density at radius 1 is 1.25 bits per heavy atom. The maximum Gasteiger partial charge on any atom is 0.273 e. The fourth-order valence-electron chi connectivity index (χ4n) is 2.19. The molecule has 2 aromatic rings. The van der Waals surface area contributed by atoms with Crippen LogP contribution in [-0.4, -0.2) is 17.1 Å². The van der Waals surface area contributed by atoms with Crippen LogP contribution < -0.4 is 15.4 Å². The molecule has 0 radical (unpaired) electrons. The number of rotatable bonds is 5. The van der Waals surface area contributed by atoms with E-state index in [1.165, 1.54) is 24.8 Å². The standard InChI is InChI=1S/C17H19N3O3S/c1-11-4-6-13(7-5-11)12(2)18-17(24)19-15-9-8-14(20(21)22)10-16(15)23-3/h4-10,12H,1-3H3,(H2,18,19,24). The number of hydrogen-bond acceptors (Lipinski definition) is 4. The lowest BCUT2D eigenvalue weighted by atomic mass is 10.1. The number of aryl methyl sites for hydroxylation is 1. The van der Waals surface area contributed by atoms with E-state index in [9.17, 15) is 10.1 Å². The Bertz CT molecular complexity index is 747. The molecular formula is C17H19N3O3S. The van der Waals surface area contributed by atoms with Crippen LogP contribution in [0.5, 0.6) is 5.75 Å². The minimum atomic E-state index is -0.470. The lowest BCUT2D eigenvalue weighted by molar-refractivity contribution is -0.384. The van der Waals surface area contributed by atoms with E-state index in [1.807, 2.05) is 38.1 Å². The van der Waals surface area contributed by atoms with E-state index < -0.39 is 4.92 Å². The van der Waals surface area contributed by atoms with E-state index >= 15 is 0 Å². The molecule has 2 N–H and O–H groups in total. The molecule has 2 rings (SSSR count). The molecule has 0 aliphatic rings. The highest BCUT2D eigenvalue weighted by Gasteiger charge is 2.13. The van der Waals surface area contributed by atoms with Gasteiger partial charge in [0.15, 0.2) is 5.11 Å². The van der Waals surface area contributed by atoms with Crippen molar-refractivity contribution in [2.45, 2.75) is 19.9 Å². The Kier molecular flexibility index (Phi) is 5.70. The molecule has 1 atom stereocenters. The first-order chi connectivity index (χ1) is 11.4. The van der Waals surface area contributed by atoms with E-state index in [2.05, 4.69) is 10.6 Å². The number of benzene rings is 2. The van der Waals surface area contributed by atoms with Crippen LogP contribution in [-0.2, 0) is 0 Å². The molecule has 2 aromatic carbocycles. The van der Waals surface area contributed by atoms with Gasteiger partial charge in [-0.3, -0.25) is 10.1 Å². The molecule has 0 spiro atoms. The van der Waals surface area contributed by atoms with Crippen LogP contribution in [0, 0.1) is 17.0 Å². The summed E-state index contributed by atoms with van der Waals surface area (Å²) in [6, 6.07) is 12.5. The molecule has 0 saturated carbocycles. The molecule has 0 bridgehead atoms. The smallest absolute Gasteiger partial charge is 0.273 e. The normalized spacial score (nSPS) is 11.5. The SMILES string of the molecule is COc1cc([N+](=O)[O-])ccc1NC(=S)NC(C)c1ccc(C)cc1. The van der Waals surface area contributed by atoms with Crippen molar-refractivity contribution in [3.63, 3.8) is 0 Å². The predicted octanol–water partition coefficient (Wildman–Crippen LogP) is 3.96. The highest BCUT2D eigenvalue weighted by molar-refractivity contribution is 7.80. The minimum absolute atomic E-state index is 0.0228. The molecule has 0 aromatic heterocycles. The topological polar surface area (TPSA) is 76.4 Å². The van der Waals surface area contributed by atoms with E-state index in [1.54, 1.807) is 6.07 Å². The molecule has 126 valence electrons. The van der Waals surface area contributed by atoms with Crippen molar-refractivity contribution in [2.75, 3.05) is 12.4 Å². The number of hydrogen-bond donors (Lipinski definition) is 2. The largest absolute Gasteiger partial charge is 0.494 e. The molecule has 6 nitrogen and oxygen atoms in total. The number of nitrogens with zero attached hydrogens (tertiary/aromatic N) is 1. The van der Waals surface area contributed by atoms with E-state index in [-0.39, 0.29) is 11.7 Å². The second-order valence-electron chi connectivity index (χ2n) is 5.37. The minimum Gasteiger partial charge on any atom is -0.494 e. The number of thiocarbonyl (C=S) groups is 1. The quantitative estimate of drug-likeness (QED) is 0.485. The number of methoxy groups -OCH3 is 1. The summed E-state index contributed by atoms with van der Waals surface area (Å²) >= 11 is 5.32. The van der Waals surface area contributed by atoms with Crippen molar-refractivity contribution in [1.29, 1.82) is 0 Å². The van der Waals surface area contributed by atoms with Crippen LogP contribution in [0.25, 0.3) is 0 Å². The molecule has 0 amide bonds. The van der Waals surface area contributed by atoms with Gasteiger partial charge >= 0.3 is 0 Å². The molecular weight excluding hydrogens is 326 g/mol. The van der Waals surface area contributed by atoms with Gasteiger partial charge in [-0.15, -0.1) is 0 Å². The summed E-state index contributed by atoms with van der Waals surface area (Å²) in [5.74, 6) is 0.358. The molecule has 1 unspecified atom stereocenters. The third-order valence-corrected chi connectivity index (χ3v) is 3.79. The molecule has 24 heavy (non-hydrogen) atoms. The van der Waals surface area contributed by atoms with Gasteiger partial charge in [-0.05, 0) is 37.7 Å². The molecule has 7 heteroatoms. The highest BCUT2D eigenvalue weighted by Crippen LogP contribution is 2.29. The van der Waals surface area contributed by atoms with Crippen molar-refractivity contribution in [1.82, 2.24) is 5.32 Å². The van der Waals surface area contributed by atoms with E-state index in [0.29, 0.717) is 16.5 Å². The predicted molar refractivity (Wildman–Crippen MR) is 98.6 cm³/mol. The molecule has 0 saturated heterocycles. The van der Waals surface area contributed by atoms with Crippen LogP contribution in [0.15, 0.2) is 42.5 Å². The third-order valence-electron chi connectivity index (χ3n) is 3.57. The average molecular weight is 345 g/mol. The van der Waals surface area contributed by atoms with E-state index in [0.717, 1.165) is 5.56 Å². The van der Waals surface area contributed by atoms with Crippen LogP contribution >= 0.6 is 12.2 Å². The van der Waals surface area contributed by atoms with Crippen molar-refractivity contribution in [3.8, 4) is 5.75 Å². The summed E-state index contributed by atoms with van der Waals surface area (Å²) in [7, 11) is 1.45. The summed E-state index contributed by atoms with van der Waals surface area (Å²) in [5, 5.41) is 17.4. The van der Waals surface area contributed by atoms with Crippen molar-refractivity contribution >= 4 is 28.7 Å². The van der Waals surface area contributed by atoms with Crippen LogP contribution in [0.1, 0.15) is 24.1 Å². The maximum atomic E-state index is 10.8. The Labute approximate surface area is 146 Å². The van der Waals surface area contributed by atoms with Gasteiger partial charge in [0.25, 0.3) is 5.69 Å². The lowest BCUT2D eigenvalue weighted by Gasteiger charge is -2.18. The first-order valence-electron chi connectivity index (χ1n) is 7.37.